The van der Waals surface area contributed by atoms with Crippen molar-refractivity contribution in [2.45, 2.75) is 19.8 Å². The number of amides is 1. The van der Waals surface area contributed by atoms with Crippen LogP contribution < -0.4 is 5.32 Å². The predicted molar refractivity (Wildman–Crippen MR) is 82.6 cm³/mol. The van der Waals surface area contributed by atoms with Gasteiger partial charge in [-0.3, -0.25) is 9.78 Å². The first-order valence-electron chi connectivity index (χ1n) is 6.77. The van der Waals surface area contributed by atoms with Crippen molar-refractivity contribution in [2.75, 3.05) is 5.32 Å². The number of nitrogens with zero attached hydrogens (tertiary/aromatic N) is 1. The van der Waals surface area contributed by atoms with Gasteiger partial charge in [0.15, 0.2) is 0 Å². The lowest BCUT2D eigenvalue weighted by molar-refractivity contribution is 0.102. The van der Waals surface area contributed by atoms with Gasteiger partial charge < -0.3 is 5.32 Å². The quantitative estimate of drug-likeness (QED) is 0.883. The molecule has 1 aromatic heterocycles. The minimum atomic E-state index is -0.123. The van der Waals surface area contributed by atoms with E-state index in [-0.39, 0.29) is 5.91 Å². The van der Waals surface area contributed by atoms with Crippen LogP contribution in [0.25, 0.3) is 6.08 Å². The summed E-state index contributed by atoms with van der Waals surface area (Å²) in [4.78, 5) is 16.0. The molecule has 0 aliphatic heterocycles. The normalized spacial score (nSPS) is 10.7. The van der Waals surface area contributed by atoms with E-state index >= 15 is 0 Å². The molecule has 0 bridgehead atoms. The summed E-state index contributed by atoms with van der Waals surface area (Å²) in [6.45, 7) is 2.15. The van der Waals surface area contributed by atoms with E-state index in [0.29, 0.717) is 11.3 Å². The lowest BCUT2D eigenvalue weighted by Crippen LogP contribution is -2.11. The molecule has 1 heterocycles. The first kappa shape index (κ1) is 14.0. The van der Waals surface area contributed by atoms with E-state index in [1.807, 2.05) is 30.3 Å². The van der Waals surface area contributed by atoms with Crippen LogP contribution >= 0.6 is 0 Å². The Hall–Kier alpha value is -2.42. The molecule has 0 saturated heterocycles. The molecule has 2 aromatic rings. The molecule has 0 spiro atoms. The van der Waals surface area contributed by atoms with Crippen molar-refractivity contribution in [3.63, 3.8) is 0 Å². The van der Waals surface area contributed by atoms with Gasteiger partial charge in [-0.05, 0) is 36.2 Å². The highest BCUT2D eigenvalue weighted by atomic mass is 16.1. The summed E-state index contributed by atoms with van der Waals surface area (Å²) in [5, 5.41) is 2.81. The highest BCUT2D eigenvalue weighted by molar-refractivity contribution is 6.04. The SMILES string of the molecule is CCC/C=C/c1ccc(C(=O)Nc2cccnc2)cc1. The molecule has 102 valence electrons. The molecule has 0 aliphatic rings. The van der Waals surface area contributed by atoms with Crippen LogP contribution in [0.4, 0.5) is 5.69 Å². The zero-order valence-electron chi connectivity index (χ0n) is 11.5. The second-order valence-electron chi connectivity index (χ2n) is 4.51. The van der Waals surface area contributed by atoms with Crippen molar-refractivity contribution in [2.24, 2.45) is 0 Å². The summed E-state index contributed by atoms with van der Waals surface area (Å²) < 4.78 is 0. The van der Waals surface area contributed by atoms with E-state index < -0.39 is 0 Å². The molecule has 3 nitrogen and oxygen atoms in total. The summed E-state index contributed by atoms with van der Waals surface area (Å²) in [5.74, 6) is -0.123. The third kappa shape index (κ3) is 4.05. The van der Waals surface area contributed by atoms with E-state index in [9.17, 15) is 4.79 Å². The Balaban J connectivity index is 2.00. The molecule has 0 aliphatic carbocycles. The summed E-state index contributed by atoms with van der Waals surface area (Å²) in [6.07, 6.45) is 9.73. The molecule has 0 unspecified atom stereocenters. The molecule has 3 heteroatoms. The average Bonchev–Trinajstić information content (AvgIpc) is 2.49. The maximum atomic E-state index is 12.0. The van der Waals surface area contributed by atoms with Gasteiger partial charge in [0.1, 0.15) is 0 Å². The Labute approximate surface area is 119 Å². The Kier molecular flexibility index (Phi) is 5.07. The molecular weight excluding hydrogens is 248 g/mol. The fraction of sp³-hybridized carbons (Fsp3) is 0.176. The monoisotopic (exact) mass is 266 g/mol. The largest absolute Gasteiger partial charge is 0.321 e. The Morgan fingerprint density at radius 2 is 2.05 bits per heavy atom. The second kappa shape index (κ2) is 7.24. The van der Waals surface area contributed by atoms with Gasteiger partial charge in [-0.2, -0.15) is 0 Å². The number of hydrogen-bond acceptors (Lipinski definition) is 2. The molecule has 0 saturated carbocycles. The highest BCUT2D eigenvalue weighted by Gasteiger charge is 2.05. The Morgan fingerprint density at radius 1 is 1.25 bits per heavy atom. The van der Waals surface area contributed by atoms with Crippen molar-refractivity contribution < 1.29 is 4.79 Å². The number of aromatic nitrogens is 1. The number of hydrogen-bond donors (Lipinski definition) is 1. The standard InChI is InChI=1S/C17H18N2O/c1-2-3-4-6-14-8-10-15(11-9-14)17(20)19-16-7-5-12-18-13-16/h4-13H,2-3H2,1H3,(H,19,20)/b6-4+. The zero-order valence-corrected chi connectivity index (χ0v) is 11.5. The first-order valence-corrected chi connectivity index (χ1v) is 6.77. The lowest BCUT2D eigenvalue weighted by atomic mass is 10.1. The molecule has 1 amide bonds. The third-order valence-electron chi connectivity index (χ3n) is 2.86. The number of carbonyl (C=O) groups is 1. The summed E-state index contributed by atoms with van der Waals surface area (Å²) in [6, 6.07) is 11.2. The second-order valence-corrected chi connectivity index (χ2v) is 4.51. The number of nitrogens with one attached hydrogen (secondary N) is 1. The highest BCUT2D eigenvalue weighted by Crippen LogP contribution is 2.10. The van der Waals surface area contributed by atoms with Gasteiger partial charge in [0.2, 0.25) is 0 Å². The van der Waals surface area contributed by atoms with Crippen LogP contribution in [0.3, 0.4) is 0 Å². The van der Waals surface area contributed by atoms with Crippen LogP contribution in [0.1, 0.15) is 35.7 Å². The minimum absolute atomic E-state index is 0.123. The maximum Gasteiger partial charge on any atom is 0.255 e. The number of allylic oxidation sites excluding steroid dienone is 1. The first-order chi connectivity index (χ1) is 9.79. The van der Waals surface area contributed by atoms with Crippen molar-refractivity contribution in [3.8, 4) is 0 Å². The third-order valence-corrected chi connectivity index (χ3v) is 2.86. The summed E-state index contributed by atoms with van der Waals surface area (Å²) in [7, 11) is 0. The fourth-order valence-corrected chi connectivity index (χ4v) is 1.77. The van der Waals surface area contributed by atoms with Gasteiger partial charge in [-0.15, -0.1) is 0 Å². The van der Waals surface area contributed by atoms with Gasteiger partial charge in [-0.25, -0.2) is 0 Å². The molecule has 20 heavy (non-hydrogen) atoms. The van der Waals surface area contributed by atoms with Gasteiger partial charge in [-0.1, -0.05) is 37.6 Å². The molecule has 0 atom stereocenters. The van der Waals surface area contributed by atoms with E-state index in [1.54, 1.807) is 18.5 Å². The number of anilines is 1. The van der Waals surface area contributed by atoms with E-state index in [2.05, 4.69) is 29.4 Å². The predicted octanol–water partition coefficient (Wildman–Crippen LogP) is 4.15. The van der Waals surface area contributed by atoms with Crippen molar-refractivity contribution in [1.29, 1.82) is 0 Å². The number of rotatable bonds is 5. The van der Waals surface area contributed by atoms with Crippen LogP contribution in [0.5, 0.6) is 0 Å². The lowest BCUT2D eigenvalue weighted by Gasteiger charge is -2.04. The molecule has 2 rings (SSSR count). The van der Waals surface area contributed by atoms with Crippen molar-refractivity contribution in [1.82, 2.24) is 4.98 Å². The van der Waals surface area contributed by atoms with E-state index in [1.165, 1.54) is 0 Å². The minimum Gasteiger partial charge on any atom is -0.321 e. The van der Waals surface area contributed by atoms with Crippen LogP contribution in [0.15, 0.2) is 54.9 Å². The zero-order chi connectivity index (χ0) is 14.2. The smallest absolute Gasteiger partial charge is 0.255 e. The molecular formula is C17H18N2O. The Bertz CT molecular complexity index is 574. The van der Waals surface area contributed by atoms with Crippen LogP contribution in [-0.2, 0) is 0 Å². The molecule has 0 radical (unpaired) electrons. The molecule has 1 aromatic carbocycles. The molecule has 1 N–H and O–H groups in total. The maximum absolute atomic E-state index is 12.0. The van der Waals surface area contributed by atoms with Crippen molar-refractivity contribution in [3.05, 3.63) is 66.0 Å². The number of unbranched alkanes of at least 4 members (excludes halogenated alkanes) is 1. The van der Waals surface area contributed by atoms with Gasteiger partial charge in [0.25, 0.3) is 5.91 Å². The van der Waals surface area contributed by atoms with Gasteiger partial charge in [0.05, 0.1) is 11.9 Å². The van der Waals surface area contributed by atoms with E-state index in [4.69, 9.17) is 0 Å². The fourth-order valence-electron chi connectivity index (χ4n) is 1.77. The number of carbonyl (C=O) groups excluding carboxylic acids is 1. The number of benzene rings is 1. The van der Waals surface area contributed by atoms with Gasteiger partial charge in [0, 0.05) is 11.8 Å². The summed E-state index contributed by atoms with van der Waals surface area (Å²) in [5.41, 5.74) is 2.45. The van der Waals surface area contributed by atoms with Crippen LogP contribution in [0.2, 0.25) is 0 Å². The Morgan fingerprint density at radius 3 is 2.70 bits per heavy atom. The summed E-state index contributed by atoms with van der Waals surface area (Å²) >= 11 is 0. The molecule has 0 fully saturated rings. The van der Waals surface area contributed by atoms with Crippen LogP contribution in [0, 0.1) is 0 Å². The van der Waals surface area contributed by atoms with Crippen LogP contribution in [-0.4, -0.2) is 10.9 Å². The van der Waals surface area contributed by atoms with Gasteiger partial charge >= 0.3 is 0 Å². The number of pyridine rings is 1. The van der Waals surface area contributed by atoms with E-state index in [0.717, 1.165) is 18.4 Å². The van der Waals surface area contributed by atoms with Crippen molar-refractivity contribution >= 4 is 17.7 Å². The topological polar surface area (TPSA) is 42.0 Å². The average molecular weight is 266 g/mol.